The van der Waals surface area contributed by atoms with E-state index in [1.54, 1.807) is 7.05 Å². The van der Waals surface area contributed by atoms with Crippen LogP contribution in [0.2, 0.25) is 0 Å². The maximum atomic E-state index is 4.14. The smallest absolute Gasteiger partial charge is 0.167 e. The molecule has 0 saturated heterocycles. The zero-order chi connectivity index (χ0) is 10.8. The first kappa shape index (κ1) is 11.6. The number of nitrogens with zero attached hydrogens (tertiary/aromatic N) is 4. The molecule has 1 aromatic rings. The highest BCUT2D eigenvalue weighted by Gasteiger charge is 2.21. The Morgan fingerprint density at radius 2 is 2.07 bits per heavy atom. The lowest BCUT2D eigenvalue weighted by molar-refractivity contribution is 0.384. The molecule has 0 radical (unpaired) electrons. The molecule has 5 heteroatoms. The summed E-state index contributed by atoms with van der Waals surface area (Å²) in [6.07, 6.45) is 1.91. The Bertz CT molecular complexity index is 289. The molecule has 0 saturated carbocycles. The normalized spacial score (nSPS) is 14.4. The Labute approximate surface area is 93.2 Å². The molecule has 1 aromatic heterocycles. The van der Waals surface area contributed by atoms with Gasteiger partial charge in [-0.3, -0.25) is 0 Å². The van der Waals surface area contributed by atoms with Gasteiger partial charge in [-0.15, -0.1) is 10.2 Å². The molecule has 14 heavy (non-hydrogen) atoms. The van der Waals surface area contributed by atoms with E-state index in [2.05, 4.69) is 52.1 Å². The van der Waals surface area contributed by atoms with Gasteiger partial charge in [0.05, 0.1) is 7.05 Å². The predicted molar refractivity (Wildman–Crippen MR) is 59.3 cm³/mol. The molecule has 1 heterocycles. The van der Waals surface area contributed by atoms with Crippen molar-refractivity contribution in [1.82, 2.24) is 20.2 Å². The monoisotopic (exact) mass is 260 g/mol. The number of hydrogen-bond acceptors (Lipinski definition) is 3. The Morgan fingerprint density at radius 3 is 2.50 bits per heavy atom. The summed E-state index contributed by atoms with van der Waals surface area (Å²) in [7, 11) is 1.78. The summed E-state index contributed by atoms with van der Waals surface area (Å²) in [5.74, 6) is 0.821. The maximum Gasteiger partial charge on any atom is 0.174 e. The highest BCUT2D eigenvalue weighted by Crippen LogP contribution is 2.29. The van der Waals surface area contributed by atoms with E-state index in [0.717, 1.165) is 18.7 Å². The van der Waals surface area contributed by atoms with Gasteiger partial charge in [0.15, 0.2) is 5.82 Å². The van der Waals surface area contributed by atoms with Crippen LogP contribution >= 0.6 is 15.9 Å². The van der Waals surface area contributed by atoms with Crippen LogP contribution in [0, 0.1) is 5.41 Å². The van der Waals surface area contributed by atoms with Crippen molar-refractivity contribution in [2.45, 2.75) is 38.4 Å². The lowest BCUT2D eigenvalue weighted by Crippen LogP contribution is -2.20. The van der Waals surface area contributed by atoms with Crippen molar-refractivity contribution >= 4 is 15.9 Å². The van der Waals surface area contributed by atoms with Gasteiger partial charge in [0, 0.05) is 11.2 Å². The first-order valence-corrected chi connectivity index (χ1v) is 5.68. The number of aromatic nitrogens is 4. The highest BCUT2D eigenvalue weighted by atomic mass is 79.9. The van der Waals surface area contributed by atoms with Crippen LogP contribution in [0.3, 0.4) is 0 Å². The van der Waals surface area contributed by atoms with E-state index in [-0.39, 0.29) is 5.41 Å². The summed E-state index contributed by atoms with van der Waals surface area (Å²) >= 11 is 3.68. The van der Waals surface area contributed by atoms with Crippen LogP contribution in [0.4, 0.5) is 0 Å². The van der Waals surface area contributed by atoms with Crippen molar-refractivity contribution in [3.63, 3.8) is 0 Å². The third-order valence-corrected chi connectivity index (χ3v) is 3.94. The highest BCUT2D eigenvalue weighted by molar-refractivity contribution is 9.09. The minimum Gasteiger partial charge on any atom is -0.167 e. The summed E-state index contributed by atoms with van der Waals surface area (Å²) in [6, 6.07) is 0. The Hall–Kier alpha value is -0.450. The average molecular weight is 261 g/mol. The molecule has 0 fully saturated rings. The number of alkyl halides is 1. The van der Waals surface area contributed by atoms with Crippen molar-refractivity contribution in [3.05, 3.63) is 5.82 Å². The topological polar surface area (TPSA) is 43.6 Å². The first-order chi connectivity index (χ1) is 6.39. The standard InChI is InChI=1S/C9H17BrN4/c1-9(2,3)7(10)5-6-8-11-13-14(4)12-8/h7H,5-6H2,1-4H3. The van der Waals surface area contributed by atoms with Crippen molar-refractivity contribution in [3.8, 4) is 0 Å². The van der Waals surface area contributed by atoms with Crippen LogP contribution in [-0.4, -0.2) is 25.0 Å². The molecule has 80 valence electrons. The van der Waals surface area contributed by atoms with E-state index in [1.807, 2.05) is 0 Å². The second-order valence-electron chi connectivity index (χ2n) is 4.57. The molecule has 0 aliphatic heterocycles. The van der Waals surface area contributed by atoms with E-state index in [0.29, 0.717) is 4.83 Å². The Kier molecular flexibility index (Phi) is 3.64. The molecular formula is C9H17BrN4. The lowest BCUT2D eigenvalue weighted by atomic mass is 9.89. The summed E-state index contributed by atoms with van der Waals surface area (Å²) in [6.45, 7) is 6.66. The van der Waals surface area contributed by atoms with E-state index in [4.69, 9.17) is 0 Å². The largest absolute Gasteiger partial charge is 0.174 e. The lowest BCUT2D eigenvalue weighted by Gasteiger charge is -2.24. The summed E-state index contributed by atoms with van der Waals surface area (Å²) < 4.78 is 0. The minimum absolute atomic E-state index is 0.280. The number of tetrazole rings is 1. The molecule has 4 nitrogen and oxygen atoms in total. The van der Waals surface area contributed by atoms with Crippen LogP contribution < -0.4 is 0 Å². The van der Waals surface area contributed by atoms with E-state index in [1.165, 1.54) is 4.80 Å². The van der Waals surface area contributed by atoms with Gasteiger partial charge in [-0.05, 0) is 17.0 Å². The molecule has 1 unspecified atom stereocenters. The van der Waals surface area contributed by atoms with Crippen molar-refractivity contribution in [1.29, 1.82) is 0 Å². The van der Waals surface area contributed by atoms with Crippen molar-refractivity contribution < 1.29 is 0 Å². The molecule has 0 amide bonds. The van der Waals surface area contributed by atoms with E-state index < -0.39 is 0 Å². The molecule has 0 aliphatic carbocycles. The number of halogens is 1. The number of rotatable bonds is 3. The van der Waals surface area contributed by atoms with Gasteiger partial charge in [-0.2, -0.15) is 4.80 Å². The average Bonchev–Trinajstić information content (AvgIpc) is 2.45. The van der Waals surface area contributed by atoms with Gasteiger partial charge >= 0.3 is 0 Å². The second kappa shape index (κ2) is 4.38. The molecule has 1 atom stereocenters. The summed E-state index contributed by atoms with van der Waals surface area (Å²) in [5.41, 5.74) is 0.280. The fourth-order valence-corrected chi connectivity index (χ4v) is 1.34. The van der Waals surface area contributed by atoms with Crippen molar-refractivity contribution in [2.24, 2.45) is 12.5 Å². The zero-order valence-corrected chi connectivity index (χ0v) is 10.7. The molecule has 0 N–H and O–H groups in total. The van der Waals surface area contributed by atoms with Crippen LogP contribution in [0.5, 0.6) is 0 Å². The molecule has 0 aromatic carbocycles. The Balaban J connectivity index is 2.41. The van der Waals surface area contributed by atoms with Gasteiger partial charge < -0.3 is 0 Å². The fraction of sp³-hybridized carbons (Fsp3) is 0.889. The third kappa shape index (κ3) is 3.36. The van der Waals surface area contributed by atoms with Gasteiger partial charge in [0.1, 0.15) is 0 Å². The predicted octanol–water partition coefficient (Wildman–Crippen LogP) is 1.95. The van der Waals surface area contributed by atoms with Crippen LogP contribution in [0.15, 0.2) is 0 Å². The number of aryl methyl sites for hydroxylation is 2. The summed E-state index contributed by atoms with van der Waals surface area (Å²) in [5, 5.41) is 11.9. The second-order valence-corrected chi connectivity index (χ2v) is 5.67. The van der Waals surface area contributed by atoms with E-state index in [9.17, 15) is 0 Å². The summed E-state index contributed by atoms with van der Waals surface area (Å²) in [4.78, 5) is 1.98. The fourth-order valence-electron chi connectivity index (χ4n) is 1.11. The van der Waals surface area contributed by atoms with Crippen LogP contribution in [0.1, 0.15) is 33.0 Å². The van der Waals surface area contributed by atoms with Crippen LogP contribution in [0.25, 0.3) is 0 Å². The molecule has 0 aliphatic rings. The quantitative estimate of drug-likeness (QED) is 0.781. The third-order valence-electron chi connectivity index (χ3n) is 2.11. The number of hydrogen-bond donors (Lipinski definition) is 0. The molecule has 0 spiro atoms. The molecule has 1 rings (SSSR count). The van der Waals surface area contributed by atoms with E-state index >= 15 is 0 Å². The SMILES string of the molecule is Cn1nnc(CCC(Br)C(C)(C)C)n1. The maximum absolute atomic E-state index is 4.14. The first-order valence-electron chi connectivity index (χ1n) is 4.76. The zero-order valence-electron chi connectivity index (χ0n) is 9.16. The van der Waals surface area contributed by atoms with Crippen molar-refractivity contribution in [2.75, 3.05) is 0 Å². The molecular weight excluding hydrogens is 244 g/mol. The van der Waals surface area contributed by atoms with Gasteiger partial charge in [0.2, 0.25) is 0 Å². The van der Waals surface area contributed by atoms with Gasteiger partial charge in [0.25, 0.3) is 0 Å². The molecule has 0 bridgehead atoms. The van der Waals surface area contributed by atoms with Gasteiger partial charge in [-0.25, -0.2) is 0 Å². The minimum atomic E-state index is 0.280. The Morgan fingerprint density at radius 1 is 1.43 bits per heavy atom. The van der Waals surface area contributed by atoms with Gasteiger partial charge in [-0.1, -0.05) is 36.7 Å². The van der Waals surface area contributed by atoms with Crippen LogP contribution in [-0.2, 0) is 13.5 Å².